The molecule has 2 aromatic heterocycles. The minimum atomic E-state index is -0.520. The van der Waals surface area contributed by atoms with Gasteiger partial charge in [0.15, 0.2) is 0 Å². The molecule has 6 heteroatoms. The number of phenols is 1. The lowest BCUT2D eigenvalue weighted by molar-refractivity contribution is 0.0599. The number of aryl methyl sites for hydroxylation is 1. The van der Waals surface area contributed by atoms with Crippen LogP contribution < -0.4 is 5.56 Å². The Morgan fingerprint density at radius 2 is 1.92 bits per heavy atom. The first-order valence-corrected chi connectivity index (χ1v) is 7.82. The summed E-state index contributed by atoms with van der Waals surface area (Å²) in [5.74, 6) is -0.350. The molecule has 0 aliphatic heterocycles. The van der Waals surface area contributed by atoms with Gasteiger partial charge in [-0.25, -0.2) is 4.79 Å². The van der Waals surface area contributed by atoms with Crippen molar-refractivity contribution in [1.29, 1.82) is 0 Å². The predicted molar refractivity (Wildman–Crippen MR) is 94.0 cm³/mol. The molecular formula is C19H18N2O4. The summed E-state index contributed by atoms with van der Waals surface area (Å²) in [6.07, 6.45) is 1.69. The Kier molecular flexibility index (Phi) is 4.27. The highest BCUT2D eigenvalue weighted by atomic mass is 16.5. The maximum Gasteiger partial charge on any atom is 0.339 e. The Labute approximate surface area is 144 Å². The van der Waals surface area contributed by atoms with Crippen molar-refractivity contribution in [2.24, 2.45) is 0 Å². The third kappa shape index (κ3) is 2.98. The van der Waals surface area contributed by atoms with Crippen molar-refractivity contribution < 1.29 is 14.6 Å². The van der Waals surface area contributed by atoms with E-state index < -0.39 is 5.97 Å². The predicted octanol–water partition coefficient (Wildman–Crippen LogP) is 2.81. The number of nitrogens with zero attached hydrogens (tertiary/aromatic N) is 2. The number of aromatic hydroxyl groups is 1. The Balaban J connectivity index is 2.16. The van der Waals surface area contributed by atoms with Crippen molar-refractivity contribution in [1.82, 2.24) is 9.55 Å². The van der Waals surface area contributed by atoms with E-state index in [1.807, 2.05) is 6.92 Å². The number of rotatable bonds is 3. The van der Waals surface area contributed by atoms with E-state index in [1.54, 1.807) is 48.0 Å². The van der Waals surface area contributed by atoms with Crippen molar-refractivity contribution in [3.8, 4) is 5.75 Å². The number of carbonyl (C=O) groups is 1. The van der Waals surface area contributed by atoms with E-state index >= 15 is 0 Å². The summed E-state index contributed by atoms with van der Waals surface area (Å²) in [6, 6.07) is 9.75. The number of methoxy groups -OCH3 is 1. The Morgan fingerprint density at radius 3 is 2.56 bits per heavy atom. The number of benzene rings is 1. The highest BCUT2D eigenvalue weighted by Crippen LogP contribution is 2.21. The first-order chi connectivity index (χ1) is 11.9. The van der Waals surface area contributed by atoms with Crippen LogP contribution in [0.1, 0.15) is 34.6 Å². The number of fused-ring (bicyclic) bond motifs is 1. The number of aromatic nitrogens is 2. The smallest absolute Gasteiger partial charge is 0.339 e. The summed E-state index contributed by atoms with van der Waals surface area (Å²) >= 11 is 0. The fourth-order valence-electron chi connectivity index (χ4n) is 2.81. The summed E-state index contributed by atoms with van der Waals surface area (Å²) in [5, 5.41) is 9.78. The Morgan fingerprint density at radius 1 is 1.24 bits per heavy atom. The average Bonchev–Trinajstić information content (AvgIpc) is 2.61. The minimum absolute atomic E-state index is 0.171. The van der Waals surface area contributed by atoms with Crippen LogP contribution in [0.3, 0.4) is 0 Å². The molecule has 1 aromatic carbocycles. The molecule has 25 heavy (non-hydrogen) atoms. The number of phenolic OH excluding ortho intramolecular Hbond substituents is 1. The molecule has 0 amide bonds. The van der Waals surface area contributed by atoms with Crippen molar-refractivity contribution in [2.45, 2.75) is 19.9 Å². The number of hydrogen-bond acceptors (Lipinski definition) is 5. The lowest BCUT2D eigenvalue weighted by atomic mass is 10.1. The van der Waals surface area contributed by atoms with Gasteiger partial charge < -0.3 is 14.4 Å². The molecule has 0 unspecified atom stereocenters. The number of hydrogen-bond donors (Lipinski definition) is 1. The molecule has 128 valence electrons. The normalized spacial score (nSPS) is 12.1. The van der Waals surface area contributed by atoms with Crippen molar-refractivity contribution >= 4 is 16.9 Å². The second-order valence-corrected chi connectivity index (χ2v) is 5.84. The molecular weight excluding hydrogens is 320 g/mol. The molecule has 0 radical (unpaired) electrons. The number of pyridine rings is 2. The molecule has 0 saturated carbocycles. The second-order valence-electron chi connectivity index (χ2n) is 5.84. The van der Waals surface area contributed by atoms with Gasteiger partial charge in [-0.2, -0.15) is 0 Å². The Bertz CT molecular complexity index is 1010. The lowest BCUT2D eigenvalue weighted by Crippen LogP contribution is -2.24. The van der Waals surface area contributed by atoms with Crippen LogP contribution >= 0.6 is 0 Å². The van der Waals surface area contributed by atoms with E-state index in [9.17, 15) is 14.7 Å². The maximum atomic E-state index is 12.9. The zero-order chi connectivity index (χ0) is 18.1. The fraction of sp³-hybridized carbons (Fsp3) is 0.211. The monoisotopic (exact) mass is 338 g/mol. The number of ether oxygens (including phenoxy) is 1. The van der Waals surface area contributed by atoms with Gasteiger partial charge in [-0.3, -0.25) is 9.78 Å². The van der Waals surface area contributed by atoms with Crippen molar-refractivity contribution in [2.75, 3.05) is 7.11 Å². The molecule has 0 spiro atoms. The Hall–Kier alpha value is -3.15. The first kappa shape index (κ1) is 16.7. The van der Waals surface area contributed by atoms with Crippen LogP contribution in [0.25, 0.3) is 10.9 Å². The maximum absolute atomic E-state index is 12.9. The highest BCUT2D eigenvalue weighted by Gasteiger charge is 2.16. The molecule has 0 bridgehead atoms. The van der Waals surface area contributed by atoms with E-state index in [0.717, 1.165) is 5.56 Å². The van der Waals surface area contributed by atoms with Crippen LogP contribution in [-0.2, 0) is 4.74 Å². The molecule has 2 heterocycles. The van der Waals surface area contributed by atoms with E-state index in [4.69, 9.17) is 4.74 Å². The van der Waals surface area contributed by atoms with Gasteiger partial charge in [0.05, 0.1) is 35.3 Å². The zero-order valence-corrected chi connectivity index (χ0v) is 14.2. The van der Waals surface area contributed by atoms with Crippen LogP contribution in [0.4, 0.5) is 0 Å². The van der Waals surface area contributed by atoms with Crippen LogP contribution in [-0.4, -0.2) is 27.7 Å². The lowest BCUT2D eigenvalue weighted by Gasteiger charge is -2.16. The molecule has 1 atom stereocenters. The number of carbonyl (C=O) groups excluding carboxylic acids is 1. The van der Waals surface area contributed by atoms with Crippen LogP contribution in [0.5, 0.6) is 5.75 Å². The number of esters is 1. The van der Waals surface area contributed by atoms with Gasteiger partial charge in [0.2, 0.25) is 0 Å². The molecule has 0 aliphatic carbocycles. The van der Waals surface area contributed by atoms with Gasteiger partial charge in [0.1, 0.15) is 5.75 Å². The first-order valence-electron chi connectivity index (χ1n) is 7.82. The van der Waals surface area contributed by atoms with Gasteiger partial charge in [-0.05, 0) is 43.7 Å². The average molecular weight is 338 g/mol. The third-order valence-electron chi connectivity index (χ3n) is 4.30. The summed E-state index contributed by atoms with van der Waals surface area (Å²) in [4.78, 5) is 29.1. The van der Waals surface area contributed by atoms with E-state index in [1.165, 1.54) is 13.2 Å². The third-order valence-corrected chi connectivity index (χ3v) is 4.30. The van der Waals surface area contributed by atoms with Crippen molar-refractivity contribution in [3.05, 3.63) is 69.8 Å². The fourth-order valence-corrected chi connectivity index (χ4v) is 2.81. The van der Waals surface area contributed by atoms with Gasteiger partial charge in [-0.1, -0.05) is 12.1 Å². The standard InChI is InChI=1S/C19H18N2O4/c1-11-15(19(24)25-3)10-16-17(20-11)8-9-21(18(16)23)12(2)13-4-6-14(22)7-5-13/h4-10,12,22H,1-3H3/t12-/m1/s1. The quantitative estimate of drug-likeness (QED) is 0.743. The van der Waals surface area contributed by atoms with Crippen LogP contribution in [0, 0.1) is 6.92 Å². The molecule has 3 rings (SSSR count). The van der Waals surface area contributed by atoms with Gasteiger partial charge in [-0.15, -0.1) is 0 Å². The van der Waals surface area contributed by atoms with Gasteiger partial charge >= 0.3 is 5.97 Å². The zero-order valence-electron chi connectivity index (χ0n) is 14.2. The highest BCUT2D eigenvalue weighted by molar-refractivity contribution is 5.94. The van der Waals surface area contributed by atoms with Crippen LogP contribution in [0.2, 0.25) is 0 Å². The summed E-state index contributed by atoms with van der Waals surface area (Å²) < 4.78 is 6.33. The summed E-state index contributed by atoms with van der Waals surface area (Å²) in [6.45, 7) is 3.60. The summed E-state index contributed by atoms with van der Waals surface area (Å²) in [5.41, 5.74) is 1.97. The van der Waals surface area contributed by atoms with Crippen LogP contribution in [0.15, 0.2) is 47.4 Å². The van der Waals surface area contributed by atoms with Gasteiger partial charge in [0, 0.05) is 6.20 Å². The topological polar surface area (TPSA) is 81.4 Å². The molecule has 6 nitrogen and oxygen atoms in total. The molecule has 0 fully saturated rings. The van der Waals surface area contributed by atoms with Gasteiger partial charge in [0.25, 0.3) is 5.56 Å². The SMILES string of the molecule is COC(=O)c1cc2c(=O)n([C@H](C)c3ccc(O)cc3)ccc2nc1C. The van der Waals surface area contributed by atoms with E-state index in [-0.39, 0.29) is 22.9 Å². The molecule has 3 aromatic rings. The molecule has 0 saturated heterocycles. The van der Waals surface area contributed by atoms with Crippen molar-refractivity contribution in [3.63, 3.8) is 0 Å². The molecule has 1 N–H and O–H groups in total. The summed E-state index contributed by atoms with van der Waals surface area (Å²) in [7, 11) is 1.29. The largest absolute Gasteiger partial charge is 0.508 e. The van der Waals surface area contributed by atoms with E-state index in [2.05, 4.69) is 4.98 Å². The van der Waals surface area contributed by atoms with E-state index in [0.29, 0.717) is 16.6 Å². The molecule has 0 aliphatic rings. The minimum Gasteiger partial charge on any atom is -0.508 e. The second kappa shape index (κ2) is 6.39.